The van der Waals surface area contributed by atoms with Crippen LogP contribution in [0.25, 0.3) is 0 Å². The van der Waals surface area contributed by atoms with Gasteiger partial charge in [0.1, 0.15) is 0 Å². The van der Waals surface area contributed by atoms with Gasteiger partial charge in [0, 0.05) is 38.1 Å². The smallest absolute Gasteiger partial charge is 0.313 e. The molecule has 0 amide bonds. The fraction of sp³-hybridized carbons (Fsp3) is 0.750. The van der Waals surface area contributed by atoms with Gasteiger partial charge in [-0.25, -0.2) is 0 Å². The predicted octanol–water partition coefficient (Wildman–Crippen LogP) is 1.50. The molecule has 1 aliphatic rings. The molecule has 0 spiro atoms. The Morgan fingerprint density at radius 2 is 2.21 bits per heavy atom. The number of hydrogen-bond acceptors (Lipinski definition) is 3. The van der Waals surface area contributed by atoms with Crippen molar-refractivity contribution in [3.63, 3.8) is 0 Å². The van der Waals surface area contributed by atoms with Crippen molar-refractivity contribution in [2.24, 2.45) is 0 Å². The molecule has 1 atom stereocenters. The van der Waals surface area contributed by atoms with E-state index in [9.17, 15) is 13.2 Å². The van der Waals surface area contributed by atoms with Crippen LogP contribution in [-0.2, 0) is 6.54 Å². The topological polar surface area (TPSA) is 33.1 Å². The van der Waals surface area contributed by atoms with Gasteiger partial charge in [-0.05, 0) is 25.5 Å². The highest BCUT2D eigenvalue weighted by Gasteiger charge is 2.34. The first-order valence-electron chi connectivity index (χ1n) is 6.53. The normalized spacial score (nSPS) is 21.1. The number of aryl methyl sites for hydroxylation is 1. The summed E-state index contributed by atoms with van der Waals surface area (Å²) in [6, 6.07) is 2.05. The number of nitrogens with zero attached hydrogens (tertiary/aromatic N) is 3. The Bertz CT molecular complexity index is 364. The maximum absolute atomic E-state index is 12.2. The van der Waals surface area contributed by atoms with Gasteiger partial charge in [-0.2, -0.15) is 18.3 Å². The average Bonchev–Trinajstić information content (AvgIpc) is 2.94. The number of nitrogens with one attached hydrogen (secondary N) is 1. The molecule has 2 rings (SSSR count). The third kappa shape index (κ3) is 5.20. The van der Waals surface area contributed by atoms with Crippen LogP contribution in [0.4, 0.5) is 13.2 Å². The van der Waals surface area contributed by atoms with Gasteiger partial charge in [0.25, 0.3) is 0 Å². The first kappa shape index (κ1) is 14.3. The summed E-state index contributed by atoms with van der Waals surface area (Å²) < 4.78 is 38.5. The molecule has 0 radical (unpaired) electrons. The number of hydrogen-bond donors (Lipinski definition) is 1. The Kier molecular flexibility index (Phi) is 4.81. The molecule has 7 heteroatoms. The van der Waals surface area contributed by atoms with Crippen molar-refractivity contribution in [2.75, 3.05) is 26.2 Å². The number of aromatic nitrogens is 2. The molecule has 0 aromatic carbocycles. The van der Waals surface area contributed by atoms with E-state index in [0.29, 0.717) is 13.1 Å². The zero-order valence-corrected chi connectivity index (χ0v) is 10.7. The Morgan fingerprint density at radius 1 is 1.37 bits per heavy atom. The van der Waals surface area contributed by atoms with Crippen LogP contribution in [0.3, 0.4) is 0 Å². The van der Waals surface area contributed by atoms with Crippen molar-refractivity contribution in [1.82, 2.24) is 20.0 Å². The molecule has 0 bridgehead atoms. The Hall–Kier alpha value is -1.08. The second-order valence-corrected chi connectivity index (χ2v) is 4.91. The molecule has 0 unspecified atom stereocenters. The molecule has 1 saturated heterocycles. The summed E-state index contributed by atoms with van der Waals surface area (Å²) in [7, 11) is 0. The van der Waals surface area contributed by atoms with Gasteiger partial charge >= 0.3 is 6.18 Å². The maximum Gasteiger partial charge on any atom is 0.401 e. The van der Waals surface area contributed by atoms with Crippen LogP contribution in [0, 0.1) is 0 Å². The lowest BCUT2D eigenvalue weighted by atomic mass is 10.2. The van der Waals surface area contributed by atoms with Gasteiger partial charge in [-0.3, -0.25) is 9.58 Å². The molecule has 4 nitrogen and oxygen atoms in total. The number of rotatable bonds is 6. The molecule has 0 saturated carbocycles. The van der Waals surface area contributed by atoms with Crippen molar-refractivity contribution < 1.29 is 13.2 Å². The lowest BCUT2D eigenvalue weighted by Crippen LogP contribution is -2.37. The fourth-order valence-corrected chi connectivity index (χ4v) is 2.38. The fourth-order valence-electron chi connectivity index (χ4n) is 2.38. The Morgan fingerprint density at radius 3 is 2.89 bits per heavy atom. The summed E-state index contributed by atoms with van der Waals surface area (Å²) in [6.07, 6.45) is 1.27. The zero-order chi connectivity index (χ0) is 13.7. The van der Waals surface area contributed by atoms with E-state index < -0.39 is 12.7 Å². The van der Waals surface area contributed by atoms with Crippen molar-refractivity contribution in [1.29, 1.82) is 0 Å². The number of halogens is 3. The summed E-state index contributed by atoms with van der Waals surface area (Å²) in [5.41, 5.74) is 0. The predicted molar refractivity (Wildman–Crippen MR) is 65.7 cm³/mol. The standard InChI is InChI=1S/C12H19F3N4/c13-12(14,15)10-18-8-3-11(9-18)16-4-1-6-19-7-2-5-17-19/h2,5,7,11,16H,1,3-4,6,8-10H2/t11-/m0/s1. The largest absolute Gasteiger partial charge is 0.401 e. The van der Waals surface area contributed by atoms with E-state index in [-0.39, 0.29) is 6.04 Å². The molecule has 1 N–H and O–H groups in total. The lowest BCUT2D eigenvalue weighted by Gasteiger charge is -2.18. The van der Waals surface area contributed by atoms with Crippen LogP contribution in [-0.4, -0.2) is 53.1 Å². The molecular weight excluding hydrogens is 257 g/mol. The third-order valence-corrected chi connectivity index (χ3v) is 3.23. The SMILES string of the molecule is FC(F)(F)CN1CC[C@H](NCCCn2cccn2)C1. The number of likely N-dealkylation sites (tertiary alicyclic amines) is 1. The van der Waals surface area contributed by atoms with Crippen molar-refractivity contribution >= 4 is 0 Å². The van der Waals surface area contributed by atoms with E-state index in [1.165, 1.54) is 4.90 Å². The van der Waals surface area contributed by atoms with Crippen molar-refractivity contribution in [3.05, 3.63) is 18.5 Å². The highest BCUT2D eigenvalue weighted by Crippen LogP contribution is 2.19. The second kappa shape index (κ2) is 6.38. The quantitative estimate of drug-likeness (QED) is 0.799. The Labute approximate surface area is 110 Å². The molecular formula is C12H19F3N4. The van der Waals surface area contributed by atoms with Crippen LogP contribution >= 0.6 is 0 Å². The van der Waals surface area contributed by atoms with Gasteiger partial charge in [-0.1, -0.05) is 0 Å². The van der Waals surface area contributed by atoms with Gasteiger partial charge in [-0.15, -0.1) is 0 Å². The molecule has 2 heterocycles. The lowest BCUT2D eigenvalue weighted by molar-refractivity contribution is -0.143. The van der Waals surface area contributed by atoms with Crippen LogP contribution < -0.4 is 5.32 Å². The molecule has 1 aromatic rings. The monoisotopic (exact) mass is 276 g/mol. The molecule has 1 aliphatic heterocycles. The highest BCUT2D eigenvalue weighted by atomic mass is 19.4. The summed E-state index contributed by atoms with van der Waals surface area (Å²) in [4.78, 5) is 1.46. The van der Waals surface area contributed by atoms with Crippen LogP contribution in [0.15, 0.2) is 18.5 Å². The summed E-state index contributed by atoms with van der Waals surface area (Å²) in [5, 5.41) is 7.40. The van der Waals surface area contributed by atoms with E-state index in [2.05, 4.69) is 10.4 Å². The first-order chi connectivity index (χ1) is 9.03. The average molecular weight is 276 g/mol. The van der Waals surface area contributed by atoms with Gasteiger partial charge in [0.05, 0.1) is 6.54 Å². The van der Waals surface area contributed by atoms with E-state index >= 15 is 0 Å². The summed E-state index contributed by atoms with van der Waals surface area (Å²) in [5.74, 6) is 0. The second-order valence-electron chi connectivity index (χ2n) is 4.91. The molecule has 0 aliphatic carbocycles. The minimum absolute atomic E-state index is 0.181. The number of alkyl halides is 3. The minimum atomic E-state index is -4.09. The van der Waals surface area contributed by atoms with Gasteiger partial charge in [0.15, 0.2) is 0 Å². The minimum Gasteiger partial charge on any atom is -0.313 e. The molecule has 1 aromatic heterocycles. The Balaban J connectivity index is 1.58. The highest BCUT2D eigenvalue weighted by molar-refractivity contribution is 4.82. The molecule has 108 valence electrons. The van der Waals surface area contributed by atoms with Crippen molar-refractivity contribution in [3.8, 4) is 0 Å². The van der Waals surface area contributed by atoms with Crippen LogP contribution in [0.2, 0.25) is 0 Å². The van der Waals surface area contributed by atoms with E-state index in [1.807, 2.05) is 16.9 Å². The van der Waals surface area contributed by atoms with Gasteiger partial charge in [0.2, 0.25) is 0 Å². The van der Waals surface area contributed by atoms with Crippen LogP contribution in [0.1, 0.15) is 12.8 Å². The van der Waals surface area contributed by atoms with Crippen molar-refractivity contribution in [2.45, 2.75) is 31.6 Å². The van der Waals surface area contributed by atoms with Gasteiger partial charge < -0.3 is 5.32 Å². The summed E-state index contributed by atoms with van der Waals surface area (Å²) in [6.45, 7) is 1.86. The van der Waals surface area contributed by atoms with E-state index in [4.69, 9.17) is 0 Å². The molecule has 1 fully saturated rings. The van der Waals surface area contributed by atoms with E-state index in [1.54, 1.807) is 6.20 Å². The maximum atomic E-state index is 12.2. The third-order valence-electron chi connectivity index (χ3n) is 3.23. The zero-order valence-electron chi connectivity index (χ0n) is 10.7. The summed E-state index contributed by atoms with van der Waals surface area (Å²) >= 11 is 0. The van der Waals surface area contributed by atoms with E-state index in [0.717, 1.165) is 25.9 Å². The van der Waals surface area contributed by atoms with Crippen LogP contribution in [0.5, 0.6) is 0 Å². The molecule has 19 heavy (non-hydrogen) atoms. The first-order valence-corrected chi connectivity index (χ1v) is 6.53.